The zero-order chi connectivity index (χ0) is 15.4. The van der Waals surface area contributed by atoms with Crippen LogP contribution in [0.15, 0.2) is 24.3 Å². The first-order chi connectivity index (χ1) is 9.99. The van der Waals surface area contributed by atoms with Crippen LogP contribution >= 0.6 is 11.6 Å². The molecule has 1 heterocycles. The molecule has 1 aromatic rings. The summed E-state index contributed by atoms with van der Waals surface area (Å²) in [6, 6.07) is 6.99. The van der Waals surface area contributed by atoms with Crippen LogP contribution in [-0.4, -0.2) is 36.1 Å². The number of amides is 2. The first-order valence-corrected chi connectivity index (χ1v) is 7.39. The third-order valence-corrected chi connectivity index (χ3v) is 3.77. The van der Waals surface area contributed by atoms with Crippen LogP contribution in [0.25, 0.3) is 0 Å². The van der Waals surface area contributed by atoms with Crippen molar-refractivity contribution < 1.29 is 14.7 Å². The molecule has 5 nitrogen and oxygen atoms in total. The van der Waals surface area contributed by atoms with Crippen molar-refractivity contribution in [2.45, 2.75) is 25.9 Å². The van der Waals surface area contributed by atoms with E-state index in [1.807, 2.05) is 0 Å². The number of nitrogens with zero attached hydrogens (tertiary/aromatic N) is 1. The molecule has 6 heteroatoms. The van der Waals surface area contributed by atoms with Crippen LogP contribution in [0.4, 0.5) is 5.69 Å². The van der Waals surface area contributed by atoms with Gasteiger partial charge in [0.1, 0.15) is 5.92 Å². The molecule has 114 valence electrons. The first-order valence-electron chi connectivity index (χ1n) is 7.01. The van der Waals surface area contributed by atoms with Gasteiger partial charge in [-0.15, -0.1) is 0 Å². The molecule has 2 N–H and O–H groups in total. The van der Waals surface area contributed by atoms with E-state index in [1.165, 1.54) is 0 Å². The van der Waals surface area contributed by atoms with Crippen LogP contribution in [0.1, 0.15) is 19.8 Å². The Labute approximate surface area is 128 Å². The molecule has 21 heavy (non-hydrogen) atoms. The third-order valence-electron chi connectivity index (χ3n) is 3.52. The Morgan fingerprint density at radius 2 is 2.14 bits per heavy atom. The summed E-state index contributed by atoms with van der Waals surface area (Å²) in [6.45, 7) is 2.56. The van der Waals surface area contributed by atoms with Gasteiger partial charge in [0.15, 0.2) is 0 Å². The number of aliphatic hydroxyl groups excluding tert-OH is 1. The van der Waals surface area contributed by atoms with Crippen LogP contribution < -0.4 is 10.2 Å². The number of hydrogen-bond donors (Lipinski definition) is 2. The zero-order valence-corrected chi connectivity index (χ0v) is 12.6. The van der Waals surface area contributed by atoms with E-state index >= 15 is 0 Å². The minimum atomic E-state index is -0.644. The summed E-state index contributed by atoms with van der Waals surface area (Å²) in [4.78, 5) is 25.9. The Hall–Kier alpha value is -1.59. The smallest absolute Gasteiger partial charge is 0.239 e. The van der Waals surface area contributed by atoms with Crippen molar-refractivity contribution in [1.82, 2.24) is 5.32 Å². The molecular formula is C15H19ClN2O3. The zero-order valence-electron chi connectivity index (χ0n) is 11.9. The van der Waals surface area contributed by atoms with Crippen LogP contribution in [0.2, 0.25) is 5.02 Å². The lowest BCUT2D eigenvalue weighted by Gasteiger charge is -2.17. The molecule has 1 saturated heterocycles. The Bertz CT molecular complexity index is 516. The Morgan fingerprint density at radius 3 is 2.76 bits per heavy atom. The second-order valence-corrected chi connectivity index (χ2v) is 5.67. The molecular weight excluding hydrogens is 292 g/mol. The fourth-order valence-corrected chi connectivity index (χ4v) is 2.45. The van der Waals surface area contributed by atoms with Crippen molar-refractivity contribution in [3.8, 4) is 0 Å². The Balaban J connectivity index is 1.94. The highest BCUT2D eigenvalue weighted by molar-refractivity contribution is 6.30. The molecule has 0 aromatic heterocycles. The number of nitrogens with one attached hydrogen (secondary N) is 1. The van der Waals surface area contributed by atoms with E-state index in [2.05, 4.69) is 5.32 Å². The van der Waals surface area contributed by atoms with Crippen molar-refractivity contribution in [2.24, 2.45) is 5.92 Å². The van der Waals surface area contributed by atoms with Gasteiger partial charge in [0, 0.05) is 23.8 Å². The number of benzene rings is 1. The second kappa shape index (κ2) is 6.91. The summed E-state index contributed by atoms with van der Waals surface area (Å²) in [6.07, 6.45) is 0.519. The van der Waals surface area contributed by atoms with Gasteiger partial charge in [0.25, 0.3) is 0 Å². The number of aliphatic hydroxyl groups is 1. The Morgan fingerprint density at radius 1 is 1.48 bits per heavy atom. The van der Waals surface area contributed by atoms with Crippen molar-refractivity contribution in [1.29, 1.82) is 0 Å². The van der Waals surface area contributed by atoms with E-state index < -0.39 is 12.0 Å². The molecule has 2 atom stereocenters. The number of carbonyl (C=O) groups excluding carboxylic acids is 2. The standard InChI is InChI=1S/C15H19ClN2O3/c1-10(19)6-8-17-14(20)13-7-9-18(15(13)21)12-4-2-11(16)3-5-12/h2-5,10,13,19H,6-9H2,1H3,(H,17,20). The number of carbonyl (C=O) groups is 2. The summed E-state index contributed by atoms with van der Waals surface area (Å²) >= 11 is 5.83. The molecule has 2 unspecified atom stereocenters. The molecule has 2 amide bonds. The molecule has 0 radical (unpaired) electrons. The maximum atomic E-state index is 12.3. The van der Waals surface area contributed by atoms with Crippen LogP contribution in [0, 0.1) is 5.92 Å². The first kappa shape index (κ1) is 15.8. The van der Waals surface area contributed by atoms with Gasteiger partial charge in [-0.1, -0.05) is 11.6 Å². The van der Waals surface area contributed by atoms with Crippen LogP contribution in [0.3, 0.4) is 0 Å². The summed E-state index contributed by atoms with van der Waals surface area (Å²) in [5, 5.41) is 12.5. The number of rotatable bonds is 5. The van der Waals surface area contributed by atoms with Gasteiger partial charge in [-0.2, -0.15) is 0 Å². The van der Waals surface area contributed by atoms with Gasteiger partial charge in [0.2, 0.25) is 11.8 Å². The van der Waals surface area contributed by atoms with Crippen LogP contribution in [-0.2, 0) is 9.59 Å². The monoisotopic (exact) mass is 310 g/mol. The highest BCUT2D eigenvalue weighted by atomic mass is 35.5. The maximum absolute atomic E-state index is 12.3. The quantitative estimate of drug-likeness (QED) is 0.811. The molecule has 1 fully saturated rings. The fourth-order valence-electron chi connectivity index (χ4n) is 2.33. The van der Waals surface area contributed by atoms with E-state index in [9.17, 15) is 9.59 Å². The summed E-state index contributed by atoms with van der Waals surface area (Å²) in [7, 11) is 0. The predicted octanol–water partition coefficient (Wildman–Crippen LogP) is 1.58. The van der Waals surface area contributed by atoms with Crippen molar-refractivity contribution in [2.75, 3.05) is 18.0 Å². The Kier molecular flexibility index (Phi) is 5.20. The molecule has 2 rings (SSSR count). The highest BCUT2D eigenvalue weighted by Gasteiger charge is 2.37. The summed E-state index contributed by atoms with van der Waals surface area (Å²) in [5.41, 5.74) is 0.753. The van der Waals surface area contributed by atoms with E-state index in [0.29, 0.717) is 31.0 Å². The van der Waals surface area contributed by atoms with Crippen molar-refractivity contribution >= 4 is 29.1 Å². The maximum Gasteiger partial charge on any atom is 0.239 e. The topological polar surface area (TPSA) is 69.6 Å². The van der Waals surface area contributed by atoms with Gasteiger partial charge in [0.05, 0.1) is 6.10 Å². The minimum Gasteiger partial charge on any atom is -0.393 e. The molecule has 1 aliphatic heterocycles. The average Bonchev–Trinajstić information content (AvgIpc) is 2.81. The molecule has 0 bridgehead atoms. The third kappa shape index (κ3) is 3.95. The van der Waals surface area contributed by atoms with E-state index in [-0.39, 0.29) is 11.8 Å². The molecule has 0 saturated carbocycles. The molecule has 1 aliphatic rings. The minimum absolute atomic E-state index is 0.188. The lowest BCUT2D eigenvalue weighted by atomic mass is 10.1. The number of anilines is 1. The highest BCUT2D eigenvalue weighted by Crippen LogP contribution is 2.26. The van der Waals surface area contributed by atoms with Gasteiger partial charge in [-0.05, 0) is 44.0 Å². The second-order valence-electron chi connectivity index (χ2n) is 5.24. The van der Waals surface area contributed by atoms with Crippen molar-refractivity contribution in [3.05, 3.63) is 29.3 Å². The molecule has 0 aliphatic carbocycles. The van der Waals surface area contributed by atoms with E-state index in [0.717, 1.165) is 5.69 Å². The van der Waals surface area contributed by atoms with Gasteiger partial charge in [-0.25, -0.2) is 0 Å². The van der Waals surface area contributed by atoms with Crippen LogP contribution in [0.5, 0.6) is 0 Å². The van der Waals surface area contributed by atoms with Gasteiger partial charge < -0.3 is 15.3 Å². The average molecular weight is 311 g/mol. The normalized spacial score (nSPS) is 19.7. The van der Waals surface area contributed by atoms with Gasteiger partial charge >= 0.3 is 0 Å². The number of hydrogen-bond acceptors (Lipinski definition) is 3. The summed E-state index contributed by atoms with van der Waals surface area (Å²) < 4.78 is 0. The molecule has 1 aromatic carbocycles. The fraction of sp³-hybridized carbons (Fsp3) is 0.467. The lowest BCUT2D eigenvalue weighted by Crippen LogP contribution is -2.37. The van der Waals surface area contributed by atoms with E-state index in [4.69, 9.17) is 16.7 Å². The summed E-state index contributed by atoms with van der Waals surface area (Å²) in [5.74, 6) is -1.10. The van der Waals surface area contributed by atoms with E-state index in [1.54, 1.807) is 36.1 Å². The predicted molar refractivity (Wildman–Crippen MR) is 81.2 cm³/mol. The van der Waals surface area contributed by atoms with Gasteiger partial charge in [-0.3, -0.25) is 9.59 Å². The largest absolute Gasteiger partial charge is 0.393 e. The lowest BCUT2D eigenvalue weighted by molar-refractivity contribution is -0.132. The molecule has 0 spiro atoms. The number of halogens is 1. The van der Waals surface area contributed by atoms with Crippen molar-refractivity contribution in [3.63, 3.8) is 0 Å². The SMILES string of the molecule is CC(O)CCNC(=O)C1CCN(c2ccc(Cl)cc2)C1=O.